The summed E-state index contributed by atoms with van der Waals surface area (Å²) in [4.78, 5) is 29.2. The fourth-order valence-electron chi connectivity index (χ4n) is 3.35. The first-order valence-electron chi connectivity index (χ1n) is 9.99. The lowest BCUT2D eigenvalue weighted by atomic mass is 10.1. The molecule has 2 amide bonds. The first-order valence-corrected chi connectivity index (χ1v) is 9.99. The van der Waals surface area contributed by atoms with Crippen molar-refractivity contribution in [1.82, 2.24) is 10.2 Å². The lowest BCUT2D eigenvalue weighted by molar-refractivity contribution is 0.0746. The summed E-state index contributed by atoms with van der Waals surface area (Å²) >= 11 is 0. The van der Waals surface area contributed by atoms with Crippen LogP contribution < -0.4 is 10.2 Å². The highest BCUT2D eigenvalue weighted by atomic mass is 16.2. The zero-order valence-electron chi connectivity index (χ0n) is 16.9. The standard InChI is InChI=1S/C23H29N3O2/c1-4-18(3)24-22(27)19-8-10-20(11-9-19)23(28)26-14-12-25(13-15-26)21-7-5-6-17(2)16-21/h5-11,16,18H,4,12-15H2,1-3H3,(H,24,27). The highest BCUT2D eigenvalue weighted by Gasteiger charge is 2.22. The van der Waals surface area contributed by atoms with E-state index in [0.29, 0.717) is 24.2 Å². The Bertz CT molecular complexity index is 824. The van der Waals surface area contributed by atoms with Crippen LogP contribution in [-0.4, -0.2) is 48.9 Å². The molecule has 0 aliphatic carbocycles. The van der Waals surface area contributed by atoms with E-state index in [1.54, 1.807) is 24.3 Å². The van der Waals surface area contributed by atoms with E-state index in [1.165, 1.54) is 11.3 Å². The number of amides is 2. The van der Waals surface area contributed by atoms with Gasteiger partial charge in [0.15, 0.2) is 0 Å². The van der Waals surface area contributed by atoms with Crippen LogP contribution in [0.5, 0.6) is 0 Å². The maximum atomic E-state index is 12.8. The molecule has 0 aromatic heterocycles. The number of nitrogens with zero attached hydrogens (tertiary/aromatic N) is 2. The van der Waals surface area contributed by atoms with E-state index in [2.05, 4.69) is 41.4 Å². The fraction of sp³-hybridized carbons (Fsp3) is 0.391. The average molecular weight is 380 g/mol. The zero-order chi connectivity index (χ0) is 20.1. The minimum atomic E-state index is -0.0971. The molecule has 1 heterocycles. The summed E-state index contributed by atoms with van der Waals surface area (Å²) in [5, 5.41) is 2.94. The normalized spacial score (nSPS) is 15.2. The molecule has 0 bridgehead atoms. The van der Waals surface area contributed by atoms with Crippen molar-refractivity contribution in [1.29, 1.82) is 0 Å². The van der Waals surface area contributed by atoms with Gasteiger partial charge in [0.25, 0.3) is 11.8 Å². The monoisotopic (exact) mass is 379 g/mol. The Morgan fingerprint density at radius 2 is 1.64 bits per heavy atom. The van der Waals surface area contributed by atoms with Gasteiger partial charge >= 0.3 is 0 Å². The quantitative estimate of drug-likeness (QED) is 0.865. The smallest absolute Gasteiger partial charge is 0.253 e. The van der Waals surface area contributed by atoms with Crippen molar-refractivity contribution in [3.63, 3.8) is 0 Å². The maximum Gasteiger partial charge on any atom is 0.253 e. The molecule has 28 heavy (non-hydrogen) atoms. The van der Waals surface area contributed by atoms with Gasteiger partial charge in [0.2, 0.25) is 0 Å². The number of hydrogen-bond donors (Lipinski definition) is 1. The molecule has 2 aromatic carbocycles. The van der Waals surface area contributed by atoms with Crippen molar-refractivity contribution in [2.24, 2.45) is 0 Å². The van der Waals surface area contributed by atoms with Gasteiger partial charge in [-0.1, -0.05) is 19.1 Å². The molecule has 1 unspecified atom stereocenters. The van der Waals surface area contributed by atoms with Gasteiger partial charge in [-0.3, -0.25) is 9.59 Å². The Morgan fingerprint density at radius 3 is 2.25 bits per heavy atom. The van der Waals surface area contributed by atoms with E-state index in [4.69, 9.17) is 0 Å². The van der Waals surface area contributed by atoms with Gasteiger partial charge in [-0.2, -0.15) is 0 Å². The number of anilines is 1. The van der Waals surface area contributed by atoms with E-state index in [9.17, 15) is 9.59 Å². The maximum absolute atomic E-state index is 12.8. The van der Waals surface area contributed by atoms with Gasteiger partial charge in [0.1, 0.15) is 0 Å². The number of benzene rings is 2. The molecule has 1 saturated heterocycles. The van der Waals surface area contributed by atoms with Gasteiger partial charge in [-0.05, 0) is 62.2 Å². The molecule has 0 spiro atoms. The molecule has 1 aliphatic rings. The fourth-order valence-corrected chi connectivity index (χ4v) is 3.35. The molecule has 3 rings (SSSR count). The highest BCUT2D eigenvalue weighted by Crippen LogP contribution is 2.19. The van der Waals surface area contributed by atoms with E-state index in [-0.39, 0.29) is 17.9 Å². The Kier molecular flexibility index (Phi) is 6.34. The summed E-state index contributed by atoms with van der Waals surface area (Å²) in [6.45, 7) is 9.15. The van der Waals surface area contributed by atoms with Gasteiger partial charge in [0, 0.05) is 49.0 Å². The van der Waals surface area contributed by atoms with Crippen LogP contribution in [0.25, 0.3) is 0 Å². The van der Waals surface area contributed by atoms with Crippen molar-refractivity contribution in [2.45, 2.75) is 33.2 Å². The molecule has 5 heteroatoms. The average Bonchev–Trinajstić information content (AvgIpc) is 2.73. The first-order chi connectivity index (χ1) is 13.5. The van der Waals surface area contributed by atoms with Crippen LogP contribution in [0.3, 0.4) is 0 Å². The highest BCUT2D eigenvalue weighted by molar-refractivity contribution is 5.98. The van der Waals surface area contributed by atoms with Crippen LogP contribution >= 0.6 is 0 Å². The summed E-state index contributed by atoms with van der Waals surface area (Å²) in [7, 11) is 0. The van der Waals surface area contributed by atoms with Crippen molar-refractivity contribution < 1.29 is 9.59 Å². The number of carbonyl (C=O) groups is 2. The predicted molar refractivity (Wildman–Crippen MR) is 113 cm³/mol. The minimum Gasteiger partial charge on any atom is -0.368 e. The molecule has 1 N–H and O–H groups in total. The summed E-state index contributed by atoms with van der Waals surface area (Å²) in [6.07, 6.45) is 0.886. The SMILES string of the molecule is CCC(C)NC(=O)c1ccc(C(=O)N2CCN(c3cccc(C)c3)CC2)cc1. The molecule has 2 aromatic rings. The third-order valence-corrected chi connectivity index (χ3v) is 5.32. The Labute approximate surface area is 167 Å². The molecular weight excluding hydrogens is 350 g/mol. The van der Waals surface area contributed by atoms with Gasteiger partial charge in [0.05, 0.1) is 0 Å². The van der Waals surface area contributed by atoms with E-state index < -0.39 is 0 Å². The second kappa shape index (κ2) is 8.91. The number of aryl methyl sites for hydroxylation is 1. The Balaban J connectivity index is 1.58. The van der Waals surface area contributed by atoms with Crippen LogP contribution in [0.1, 0.15) is 46.5 Å². The molecule has 1 atom stereocenters. The first kappa shape index (κ1) is 19.9. The zero-order valence-corrected chi connectivity index (χ0v) is 16.9. The van der Waals surface area contributed by atoms with Crippen LogP contribution in [0.4, 0.5) is 5.69 Å². The van der Waals surface area contributed by atoms with Crippen LogP contribution in [0.15, 0.2) is 48.5 Å². The van der Waals surface area contributed by atoms with Crippen molar-refractivity contribution in [2.75, 3.05) is 31.1 Å². The van der Waals surface area contributed by atoms with Crippen LogP contribution in [-0.2, 0) is 0 Å². The Hall–Kier alpha value is -2.82. The molecule has 0 saturated carbocycles. The molecule has 5 nitrogen and oxygen atoms in total. The largest absolute Gasteiger partial charge is 0.368 e. The lowest BCUT2D eigenvalue weighted by Crippen LogP contribution is -2.48. The predicted octanol–water partition coefficient (Wildman–Crippen LogP) is 3.49. The topological polar surface area (TPSA) is 52.7 Å². The van der Waals surface area contributed by atoms with Gasteiger partial charge < -0.3 is 15.1 Å². The molecule has 0 radical (unpaired) electrons. The van der Waals surface area contributed by atoms with Gasteiger partial charge in [-0.25, -0.2) is 0 Å². The number of piperazine rings is 1. The van der Waals surface area contributed by atoms with E-state index in [1.807, 2.05) is 18.7 Å². The minimum absolute atomic E-state index is 0.0257. The van der Waals surface area contributed by atoms with Crippen molar-refractivity contribution in [3.05, 3.63) is 65.2 Å². The summed E-state index contributed by atoms with van der Waals surface area (Å²) in [5.74, 6) is -0.0714. The van der Waals surface area contributed by atoms with Gasteiger partial charge in [-0.15, -0.1) is 0 Å². The number of nitrogens with one attached hydrogen (secondary N) is 1. The molecular formula is C23H29N3O2. The summed E-state index contributed by atoms with van der Waals surface area (Å²) < 4.78 is 0. The molecule has 148 valence electrons. The number of hydrogen-bond acceptors (Lipinski definition) is 3. The van der Waals surface area contributed by atoms with Crippen molar-refractivity contribution in [3.8, 4) is 0 Å². The van der Waals surface area contributed by atoms with Crippen molar-refractivity contribution >= 4 is 17.5 Å². The number of carbonyl (C=O) groups excluding carboxylic acids is 2. The third-order valence-electron chi connectivity index (χ3n) is 5.32. The summed E-state index contributed by atoms with van der Waals surface area (Å²) in [6, 6.07) is 15.6. The molecule has 1 fully saturated rings. The number of rotatable bonds is 5. The van der Waals surface area contributed by atoms with E-state index in [0.717, 1.165) is 19.5 Å². The van der Waals surface area contributed by atoms with E-state index >= 15 is 0 Å². The Morgan fingerprint density at radius 1 is 1.00 bits per heavy atom. The van der Waals surface area contributed by atoms with Crippen LogP contribution in [0, 0.1) is 6.92 Å². The van der Waals surface area contributed by atoms with Crippen LogP contribution in [0.2, 0.25) is 0 Å². The molecule has 1 aliphatic heterocycles. The second-order valence-corrected chi connectivity index (χ2v) is 7.48. The summed E-state index contributed by atoms with van der Waals surface area (Å²) in [5.41, 5.74) is 3.67. The lowest BCUT2D eigenvalue weighted by Gasteiger charge is -2.36. The second-order valence-electron chi connectivity index (χ2n) is 7.48. The third kappa shape index (κ3) is 4.71.